The Hall–Kier alpha value is -2.38. The molecule has 0 saturated heterocycles. The number of methoxy groups -OCH3 is 1. The van der Waals surface area contributed by atoms with Crippen molar-refractivity contribution in [2.24, 2.45) is 0 Å². The van der Waals surface area contributed by atoms with Crippen LogP contribution in [0.15, 0.2) is 12.3 Å². The van der Waals surface area contributed by atoms with Crippen molar-refractivity contribution in [2.75, 3.05) is 12.4 Å². The van der Waals surface area contributed by atoms with Crippen molar-refractivity contribution in [3.8, 4) is 5.88 Å². The molecule has 1 rings (SSSR count). The third kappa shape index (κ3) is 5.55. The van der Waals surface area contributed by atoms with Gasteiger partial charge in [0.2, 0.25) is 5.88 Å². The Balaban J connectivity index is 2.82. The fourth-order valence-corrected chi connectivity index (χ4v) is 1.39. The lowest BCUT2D eigenvalue weighted by atomic mass is 10.2. The normalized spacial score (nSPS) is 12.3. The molecule has 1 heterocycles. The maximum atomic E-state index is 13.6. The minimum absolute atomic E-state index is 0.0367. The van der Waals surface area contributed by atoms with Crippen molar-refractivity contribution < 1.29 is 28.2 Å². The van der Waals surface area contributed by atoms with Gasteiger partial charge in [-0.25, -0.2) is 19.0 Å². The van der Waals surface area contributed by atoms with Gasteiger partial charge in [-0.3, -0.25) is 5.32 Å². The monoisotopic (exact) mass is 314 g/mol. The van der Waals surface area contributed by atoms with Crippen molar-refractivity contribution in [3.05, 3.63) is 18.1 Å². The number of hydrogen-bond acceptors (Lipinski definition) is 6. The van der Waals surface area contributed by atoms with E-state index in [0.717, 1.165) is 12.3 Å². The van der Waals surface area contributed by atoms with Crippen LogP contribution in [0, 0.1) is 5.82 Å². The summed E-state index contributed by atoms with van der Waals surface area (Å²) in [5.74, 6) is -1.40. The van der Waals surface area contributed by atoms with Gasteiger partial charge in [0, 0.05) is 6.07 Å². The van der Waals surface area contributed by atoms with E-state index in [2.05, 4.69) is 15.0 Å². The summed E-state index contributed by atoms with van der Waals surface area (Å²) in [5.41, 5.74) is -0.886. The van der Waals surface area contributed by atoms with Crippen molar-refractivity contribution in [1.29, 1.82) is 0 Å². The topological polar surface area (TPSA) is 86.8 Å². The van der Waals surface area contributed by atoms with Gasteiger partial charge in [0.1, 0.15) is 5.60 Å². The lowest BCUT2D eigenvalue weighted by molar-refractivity contribution is -0.148. The molecule has 1 N–H and O–H groups in total. The predicted molar refractivity (Wildman–Crippen MR) is 76.2 cm³/mol. The molecule has 1 amide bonds. The smallest absolute Gasteiger partial charge is 0.412 e. The van der Waals surface area contributed by atoms with Gasteiger partial charge in [0.05, 0.1) is 19.0 Å². The number of aromatic nitrogens is 1. The number of carbonyl (C=O) groups excluding carboxylic acids is 2. The lowest BCUT2D eigenvalue weighted by Crippen LogP contribution is -2.28. The Bertz CT molecular complexity index is 557. The molecule has 0 fully saturated rings. The predicted octanol–water partition coefficient (Wildman–Crippen LogP) is 2.51. The number of esters is 1. The molecule has 0 spiro atoms. The van der Waals surface area contributed by atoms with E-state index in [0.29, 0.717) is 0 Å². The summed E-state index contributed by atoms with van der Waals surface area (Å²) in [6.45, 7) is 6.50. The molecule has 122 valence electrons. The Morgan fingerprint density at radius 2 is 2.00 bits per heavy atom. The van der Waals surface area contributed by atoms with Crippen LogP contribution in [0.2, 0.25) is 0 Å². The molecule has 8 heteroatoms. The fraction of sp³-hybridized carbons (Fsp3) is 0.500. The number of nitrogens with zero attached hydrogens (tertiary/aromatic N) is 1. The highest BCUT2D eigenvalue weighted by atomic mass is 19.1. The number of nitrogens with one attached hydrogen (secondary N) is 1. The standard InChI is InChI=1S/C14H19FN2O5/c1-8(12(18)20-5)21-11-6-10(9(15)7-16-11)17-13(19)22-14(2,3)4/h6-8H,1-5H3,(H,16,17,19). The van der Waals surface area contributed by atoms with Crippen molar-refractivity contribution >= 4 is 17.7 Å². The summed E-state index contributed by atoms with van der Waals surface area (Å²) < 4.78 is 28.4. The number of rotatable bonds is 4. The fourth-order valence-electron chi connectivity index (χ4n) is 1.39. The Kier molecular flexibility index (Phi) is 5.67. The van der Waals surface area contributed by atoms with E-state index >= 15 is 0 Å². The van der Waals surface area contributed by atoms with Gasteiger partial charge in [-0.05, 0) is 27.7 Å². The number of carbonyl (C=O) groups is 2. The van der Waals surface area contributed by atoms with Crippen LogP contribution < -0.4 is 10.1 Å². The minimum atomic E-state index is -0.919. The third-order valence-corrected chi connectivity index (χ3v) is 2.30. The zero-order chi connectivity index (χ0) is 16.9. The second-order valence-electron chi connectivity index (χ2n) is 5.41. The van der Waals surface area contributed by atoms with Gasteiger partial charge in [0.15, 0.2) is 11.9 Å². The summed E-state index contributed by atoms with van der Waals surface area (Å²) >= 11 is 0. The molecule has 0 radical (unpaired) electrons. The van der Waals surface area contributed by atoms with Crippen LogP contribution in [-0.4, -0.2) is 35.9 Å². The van der Waals surface area contributed by atoms with Crippen LogP contribution in [-0.2, 0) is 14.3 Å². The highest BCUT2D eigenvalue weighted by Gasteiger charge is 2.19. The van der Waals surface area contributed by atoms with E-state index in [9.17, 15) is 14.0 Å². The molecule has 0 aliphatic rings. The van der Waals surface area contributed by atoms with Crippen LogP contribution in [0.4, 0.5) is 14.9 Å². The lowest BCUT2D eigenvalue weighted by Gasteiger charge is -2.20. The molecule has 0 aliphatic carbocycles. The number of hydrogen-bond donors (Lipinski definition) is 1. The Morgan fingerprint density at radius 1 is 1.36 bits per heavy atom. The first-order chi connectivity index (χ1) is 10.1. The highest BCUT2D eigenvalue weighted by Crippen LogP contribution is 2.20. The summed E-state index contributed by atoms with van der Waals surface area (Å²) in [7, 11) is 1.22. The second kappa shape index (κ2) is 7.06. The molecule has 1 atom stereocenters. The maximum absolute atomic E-state index is 13.6. The van der Waals surface area contributed by atoms with E-state index in [1.807, 2.05) is 0 Å². The summed E-state index contributed by atoms with van der Waals surface area (Å²) in [6.07, 6.45) is -0.867. The molecule has 0 bridgehead atoms. The van der Waals surface area contributed by atoms with E-state index in [4.69, 9.17) is 9.47 Å². The van der Waals surface area contributed by atoms with Gasteiger partial charge in [-0.2, -0.15) is 0 Å². The second-order valence-corrected chi connectivity index (χ2v) is 5.41. The summed E-state index contributed by atoms with van der Waals surface area (Å²) in [5, 5.41) is 2.25. The SMILES string of the molecule is COC(=O)C(C)Oc1cc(NC(=O)OC(C)(C)C)c(F)cn1. The van der Waals surface area contributed by atoms with Crippen molar-refractivity contribution in [3.63, 3.8) is 0 Å². The molecule has 1 aromatic rings. The molecule has 7 nitrogen and oxygen atoms in total. The first kappa shape index (κ1) is 17.7. The first-order valence-corrected chi connectivity index (χ1v) is 6.52. The maximum Gasteiger partial charge on any atom is 0.412 e. The average molecular weight is 314 g/mol. The quantitative estimate of drug-likeness (QED) is 0.859. The molecule has 22 heavy (non-hydrogen) atoms. The van der Waals surface area contributed by atoms with Gasteiger partial charge < -0.3 is 14.2 Å². The van der Waals surface area contributed by atoms with Crippen LogP contribution in [0.25, 0.3) is 0 Å². The number of amides is 1. The van der Waals surface area contributed by atoms with Gasteiger partial charge in [-0.15, -0.1) is 0 Å². The molecular weight excluding hydrogens is 295 g/mol. The van der Waals surface area contributed by atoms with E-state index in [1.165, 1.54) is 14.0 Å². The van der Waals surface area contributed by atoms with Crippen LogP contribution >= 0.6 is 0 Å². The number of ether oxygens (including phenoxy) is 3. The molecular formula is C14H19FN2O5. The van der Waals surface area contributed by atoms with Gasteiger partial charge in [-0.1, -0.05) is 0 Å². The van der Waals surface area contributed by atoms with Crippen LogP contribution in [0.1, 0.15) is 27.7 Å². The Morgan fingerprint density at radius 3 is 2.55 bits per heavy atom. The van der Waals surface area contributed by atoms with Crippen molar-refractivity contribution in [1.82, 2.24) is 4.98 Å². The first-order valence-electron chi connectivity index (χ1n) is 6.52. The minimum Gasteiger partial charge on any atom is -0.466 e. The van der Waals surface area contributed by atoms with Gasteiger partial charge >= 0.3 is 12.1 Å². The molecule has 1 unspecified atom stereocenters. The van der Waals surface area contributed by atoms with E-state index < -0.39 is 29.6 Å². The molecule has 1 aromatic heterocycles. The largest absolute Gasteiger partial charge is 0.466 e. The zero-order valence-corrected chi connectivity index (χ0v) is 13.1. The number of anilines is 1. The number of halogens is 1. The highest BCUT2D eigenvalue weighted by molar-refractivity contribution is 5.85. The Labute approximate surface area is 127 Å². The molecule has 0 saturated carbocycles. The zero-order valence-electron chi connectivity index (χ0n) is 13.1. The van der Waals surface area contributed by atoms with Gasteiger partial charge in [0.25, 0.3) is 0 Å². The van der Waals surface area contributed by atoms with E-state index in [-0.39, 0.29) is 11.6 Å². The average Bonchev–Trinajstić information content (AvgIpc) is 2.39. The third-order valence-electron chi connectivity index (χ3n) is 2.30. The van der Waals surface area contributed by atoms with E-state index in [1.54, 1.807) is 20.8 Å². The molecule has 0 aliphatic heterocycles. The summed E-state index contributed by atoms with van der Waals surface area (Å²) in [4.78, 5) is 26.6. The van der Waals surface area contributed by atoms with Crippen LogP contribution in [0.5, 0.6) is 5.88 Å². The van der Waals surface area contributed by atoms with Crippen molar-refractivity contribution in [2.45, 2.75) is 39.4 Å². The van der Waals surface area contributed by atoms with Crippen LogP contribution in [0.3, 0.4) is 0 Å². The molecule has 0 aromatic carbocycles. The number of pyridine rings is 1. The summed E-state index contributed by atoms with van der Waals surface area (Å²) in [6, 6.07) is 1.15.